The van der Waals surface area contributed by atoms with E-state index in [9.17, 15) is 0 Å². The normalized spacial score (nSPS) is 21.0. The molecule has 6 nitrogen and oxygen atoms in total. The molecule has 21 heavy (non-hydrogen) atoms. The number of nitrogens with two attached hydrogens (primary N) is 1. The average molecular weight is 288 g/mol. The lowest BCUT2D eigenvalue weighted by molar-refractivity contribution is 0.347. The lowest BCUT2D eigenvalue weighted by atomic mass is 9.97. The fourth-order valence-electron chi connectivity index (χ4n) is 2.88. The minimum atomic E-state index is -0.0462. The highest BCUT2D eigenvalue weighted by atomic mass is 16.5. The number of rotatable bonds is 3. The Bertz CT molecular complexity index is 653. The highest BCUT2D eigenvalue weighted by Crippen LogP contribution is 2.34. The zero-order chi connectivity index (χ0) is 15.0. The summed E-state index contributed by atoms with van der Waals surface area (Å²) >= 11 is 0. The Morgan fingerprint density at radius 3 is 2.67 bits per heavy atom. The molecule has 0 bridgehead atoms. The SMILES string of the molecule is COc1ccc(-c2nnc3n2CC(C)CC3N)cc1OC. The third kappa shape index (κ3) is 2.35. The lowest BCUT2D eigenvalue weighted by Gasteiger charge is -2.25. The second-order valence-electron chi connectivity index (χ2n) is 5.51. The van der Waals surface area contributed by atoms with Crippen LogP contribution in [0.5, 0.6) is 11.5 Å². The number of benzene rings is 1. The summed E-state index contributed by atoms with van der Waals surface area (Å²) in [5.74, 6) is 3.58. The van der Waals surface area contributed by atoms with Crippen LogP contribution in [-0.2, 0) is 6.54 Å². The maximum atomic E-state index is 6.16. The van der Waals surface area contributed by atoms with Crippen LogP contribution >= 0.6 is 0 Å². The Balaban J connectivity index is 2.06. The van der Waals surface area contributed by atoms with Gasteiger partial charge in [-0.3, -0.25) is 0 Å². The molecule has 0 saturated carbocycles. The van der Waals surface area contributed by atoms with Crippen LogP contribution in [0.1, 0.15) is 25.2 Å². The molecule has 1 aromatic heterocycles. The van der Waals surface area contributed by atoms with Crippen LogP contribution < -0.4 is 15.2 Å². The van der Waals surface area contributed by atoms with Crippen molar-refractivity contribution in [2.45, 2.75) is 25.9 Å². The van der Waals surface area contributed by atoms with Gasteiger partial charge in [-0.2, -0.15) is 0 Å². The van der Waals surface area contributed by atoms with Gasteiger partial charge in [-0.25, -0.2) is 0 Å². The van der Waals surface area contributed by atoms with Gasteiger partial charge in [0.15, 0.2) is 17.3 Å². The van der Waals surface area contributed by atoms with Crippen LogP contribution in [0.4, 0.5) is 0 Å². The van der Waals surface area contributed by atoms with Crippen molar-refractivity contribution in [1.82, 2.24) is 14.8 Å². The molecule has 112 valence electrons. The van der Waals surface area contributed by atoms with Crippen LogP contribution in [0.15, 0.2) is 18.2 Å². The number of aromatic nitrogens is 3. The van der Waals surface area contributed by atoms with E-state index in [-0.39, 0.29) is 6.04 Å². The Kier molecular flexibility index (Phi) is 3.55. The van der Waals surface area contributed by atoms with Gasteiger partial charge in [0.1, 0.15) is 5.82 Å². The molecule has 1 aliphatic heterocycles. The average Bonchev–Trinajstić information content (AvgIpc) is 2.90. The number of fused-ring (bicyclic) bond motifs is 1. The fraction of sp³-hybridized carbons (Fsp3) is 0.467. The van der Waals surface area contributed by atoms with Crippen molar-refractivity contribution < 1.29 is 9.47 Å². The molecule has 0 amide bonds. The van der Waals surface area contributed by atoms with Crippen LogP contribution in [-0.4, -0.2) is 29.0 Å². The molecule has 0 aliphatic carbocycles. The molecule has 2 aromatic rings. The minimum absolute atomic E-state index is 0.0462. The standard InChI is InChI=1S/C15H20N4O2/c1-9-6-11(16)15-18-17-14(19(15)8-9)10-4-5-12(20-2)13(7-10)21-3/h4-5,7,9,11H,6,8,16H2,1-3H3. The van der Waals surface area contributed by atoms with Gasteiger partial charge in [-0.1, -0.05) is 6.92 Å². The largest absolute Gasteiger partial charge is 0.493 e. The van der Waals surface area contributed by atoms with E-state index in [0.29, 0.717) is 17.4 Å². The molecular formula is C15H20N4O2. The maximum absolute atomic E-state index is 6.16. The van der Waals surface area contributed by atoms with Crippen LogP contribution in [0.3, 0.4) is 0 Å². The van der Waals surface area contributed by atoms with E-state index in [1.807, 2.05) is 18.2 Å². The summed E-state index contributed by atoms with van der Waals surface area (Å²) in [7, 11) is 3.25. The first kappa shape index (κ1) is 13.9. The lowest BCUT2D eigenvalue weighted by Crippen LogP contribution is -2.27. The van der Waals surface area contributed by atoms with Crippen molar-refractivity contribution in [3.05, 3.63) is 24.0 Å². The molecule has 0 spiro atoms. The van der Waals surface area contributed by atoms with Crippen molar-refractivity contribution in [2.75, 3.05) is 14.2 Å². The highest BCUT2D eigenvalue weighted by molar-refractivity contribution is 5.61. The monoisotopic (exact) mass is 288 g/mol. The summed E-state index contributed by atoms with van der Waals surface area (Å²) in [5.41, 5.74) is 7.11. The maximum Gasteiger partial charge on any atom is 0.164 e. The number of ether oxygens (including phenoxy) is 2. The fourth-order valence-corrected chi connectivity index (χ4v) is 2.88. The van der Waals surface area contributed by atoms with Crippen LogP contribution in [0.2, 0.25) is 0 Å². The summed E-state index contributed by atoms with van der Waals surface area (Å²) < 4.78 is 12.7. The zero-order valence-corrected chi connectivity index (χ0v) is 12.5. The number of nitrogens with zero attached hydrogens (tertiary/aromatic N) is 3. The minimum Gasteiger partial charge on any atom is -0.493 e. The molecule has 0 radical (unpaired) electrons. The third-order valence-corrected chi connectivity index (χ3v) is 3.90. The molecule has 0 saturated heterocycles. The molecule has 2 atom stereocenters. The molecule has 1 aromatic carbocycles. The van der Waals surface area contributed by atoms with Gasteiger partial charge < -0.3 is 19.8 Å². The molecule has 1 aliphatic rings. The summed E-state index contributed by atoms with van der Waals surface area (Å²) in [5, 5.41) is 8.58. The van der Waals surface area contributed by atoms with Crippen molar-refractivity contribution in [2.24, 2.45) is 11.7 Å². The van der Waals surface area contributed by atoms with Crippen molar-refractivity contribution in [3.63, 3.8) is 0 Å². The second-order valence-corrected chi connectivity index (χ2v) is 5.51. The van der Waals surface area contributed by atoms with Crippen molar-refractivity contribution in [1.29, 1.82) is 0 Å². The van der Waals surface area contributed by atoms with E-state index in [1.54, 1.807) is 14.2 Å². The topological polar surface area (TPSA) is 75.2 Å². The van der Waals surface area contributed by atoms with Crippen LogP contribution in [0, 0.1) is 5.92 Å². The Morgan fingerprint density at radius 1 is 1.19 bits per heavy atom. The Morgan fingerprint density at radius 2 is 1.95 bits per heavy atom. The van der Waals surface area contributed by atoms with Gasteiger partial charge in [-0.15, -0.1) is 10.2 Å². The molecule has 0 fully saturated rings. The molecular weight excluding hydrogens is 268 g/mol. The third-order valence-electron chi connectivity index (χ3n) is 3.90. The number of methoxy groups -OCH3 is 2. The molecule has 3 rings (SSSR count). The smallest absolute Gasteiger partial charge is 0.164 e. The molecule has 2 N–H and O–H groups in total. The Hall–Kier alpha value is -2.08. The van der Waals surface area contributed by atoms with Gasteiger partial charge in [0, 0.05) is 12.1 Å². The van der Waals surface area contributed by atoms with E-state index >= 15 is 0 Å². The molecule has 2 heterocycles. The number of hydrogen-bond donors (Lipinski definition) is 1. The predicted molar refractivity (Wildman–Crippen MR) is 79.3 cm³/mol. The quantitative estimate of drug-likeness (QED) is 0.935. The van der Waals surface area contributed by atoms with E-state index < -0.39 is 0 Å². The summed E-state index contributed by atoms with van der Waals surface area (Å²) in [6.07, 6.45) is 0.948. The van der Waals surface area contributed by atoms with Gasteiger partial charge in [0.25, 0.3) is 0 Å². The van der Waals surface area contributed by atoms with E-state index in [1.165, 1.54) is 0 Å². The van der Waals surface area contributed by atoms with Gasteiger partial charge in [0.05, 0.1) is 20.3 Å². The van der Waals surface area contributed by atoms with E-state index in [0.717, 1.165) is 30.2 Å². The first-order valence-corrected chi connectivity index (χ1v) is 7.05. The van der Waals surface area contributed by atoms with E-state index in [4.69, 9.17) is 15.2 Å². The zero-order valence-electron chi connectivity index (χ0n) is 12.5. The first-order valence-electron chi connectivity index (χ1n) is 7.05. The summed E-state index contributed by atoms with van der Waals surface area (Å²) in [4.78, 5) is 0. The van der Waals surface area contributed by atoms with Gasteiger partial charge in [-0.05, 0) is 30.5 Å². The molecule has 6 heteroatoms. The summed E-state index contributed by atoms with van der Waals surface area (Å²) in [6.45, 7) is 3.08. The second kappa shape index (κ2) is 5.37. The van der Waals surface area contributed by atoms with Gasteiger partial charge in [0.2, 0.25) is 0 Å². The van der Waals surface area contributed by atoms with Crippen molar-refractivity contribution >= 4 is 0 Å². The predicted octanol–water partition coefficient (Wildman–Crippen LogP) is 2.00. The highest BCUT2D eigenvalue weighted by Gasteiger charge is 2.27. The van der Waals surface area contributed by atoms with Gasteiger partial charge >= 0.3 is 0 Å². The molecule has 2 unspecified atom stereocenters. The summed E-state index contributed by atoms with van der Waals surface area (Å²) in [6, 6.07) is 5.71. The van der Waals surface area contributed by atoms with E-state index in [2.05, 4.69) is 21.7 Å². The number of hydrogen-bond acceptors (Lipinski definition) is 5. The first-order chi connectivity index (χ1) is 10.1. The Labute approximate surface area is 123 Å². The van der Waals surface area contributed by atoms with Crippen LogP contribution in [0.25, 0.3) is 11.4 Å². The van der Waals surface area contributed by atoms with Crippen molar-refractivity contribution in [3.8, 4) is 22.9 Å².